The first-order valence-electron chi connectivity index (χ1n) is 23.1. The normalized spacial score (nSPS) is 21.1. The lowest BCUT2D eigenvalue weighted by Crippen LogP contribution is -2.52. The summed E-state index contributed by atoms with van der Waals surface area (Å²) in [6, 6.07) is 28.7. The van der Waals surface area contributed by atoms with E-state index in [2.05, 4.69) is 75.5 Å². The summed E-state index contributed by atoms with van der Waals surface area (Å²) in [5.41, 5.74) is 6.39. The number of carbonyl (C=O) groups excluding carboxylic acids is 4. The minimum atomic E-state index is -0.890. The molecular weight excluding hydrogens is 849 g/mol. The molecule has 1 aliphatic carbocycles. The number of ether oxygens (including phenoxy) is 3. The van der Waals surface area contributed by atoms with Crippen molar-refractivity contribution in [3.05, 3.63) is 108 Å². The van der Waals surface area contributed by atoms with Crippen LogP contribution < -0.4 is 16.0 Å². The Morgan fingerprint density at radius 2 is 1.54 bits per heavy atom. The number of fused-ring (bicyclic) bond motifs is 6. The van der Waals surface area contributed by atoms with Crippen molar-refractivity contribution in [2.75, 3.05) is 46.8 Å². The molecule has 0 radical (unpaired) electrons. The van der Waals surface area contributed by atoms with Gasteiger partial charge in [0.15, 0.2) is 0 Å². The number of nitrogens with one attached hydrogen (secondary N) is 4. The van der Waals surface area contributed by atoms with E-state index in [1.165, 1.54) is 14.2 Å². The van der Waals surface area contributed by atoms with Crippen LogP contribution in [0.5, 0.6) is 0 Å². The molecule has 4 N–H and O–H groups in total. The molecule has 0 spiro atoms. The predicted octanol–water partition coefficient (Wildman–Crippen LogP) is 8.35. The Morgan fingerprint density at radius 1 is 0.836 bits per heavy atom. The van der Waals surface area contributed by atoms with Crippen LogP contribution in [0.2, 0.25) is 0 Å². The van der Waals surface area contributed by atoms with Crippen LogP contribution in [0.3, 0.4) is 0 Å². The largest absolute Gasteiger partial charge is 0.453 e. The highest BCUT2D eigenvalue weighted by Gasteiger charge is 2.51. The summed E-state index contributed by atoms with van der Waals surface area (Å²) in [7, 11) is 6.14. The van der Waals surface area contributed by atoms with Crippen molar-refractivity contribution in [1.29, 1.82) is 0 Å². The lowest BCUT2D eigenvalue weighted by Gasteiger charge is -2.36. The van der Waals surface area contributed by atoms with Crippen LogP contribution in [0.1, 0.15) is 68.6 Å². The first-order valence-corrected chi connectivity index (χ1v) is 23.1. The summed E-state index contributed by atoms with van der Waals surface area (Å²) >= 11 is 0. The van der Waals surface area contributed by atoms with Crippen molar-refractivity contribution in [2.45, 2.75) is 69.9 Å². The molecule has 7 atom stereocenters. The number of aromatic amines is 1. The highest BCUT2D eigenvalue weighted by molar-refractivity contribution is 6.07. The summed E-state index contributed by atoms with van der Waals surface area (Å²) in [5.74, 6) is 0.592. The molecule has 1 aromatic heterocycles. The van der Waals surface area contributed by atoms with Crippen molar-refractivity contribution in [3.63, 3.8) is 0 Å². The number of nitrogens with zero attached hydrogens (tertiary/aromatic N) is 4. The van der Waals surface area contributed by atoms with E-state index in [0.717, 1.165) is 80.0 Å². The molecule has 3 aliphatic rings. The number of aliphatic imine (C=N–C) groups is 1. The van der Waals surface area contributed by atoms with Gasteiger partial charge in [-0.1, -0.05) is 86.6 Å². The number of hydrogen-bond acceptors (Lipinski definition) is 10. The second-order valence-corrected chi connectivity index (χ2v) is 18.3. The highest BCUT2D eigenvalue weighted by Crippen LogP contribution is 2.51. The van der Waals surface area contributed by atoms with Gasteiger partial charge in [-0.2, -0.15) is 0 Å². The summed E-state index contributed by atoms with van der Waals surface area (Å²) in [5, 5.41) is 13.0. The molecule has 348 valence electrons. The van der Waals surface area contributed by atoms with Gasteiger partial charge in [0.2, 0.25) is 5.91 Å². The lowest BCUT2D eigenvalue weighted by atomic mass is 9.96. The molecule has 6 aromatic rings. The molecule has 4 amide bonds. The number of amides is 4. The van der Waals surface area contributed by atoms with Crippen LogP contribution in [-0.2, 0) is 23.8 Å². The van der Waals surface area contributed by atoms with Crippen molar-refractivity contribution < 1.29 is 33.4 Å². The van der Waals surface area contributed by atoms with E-state index in [1.807, 2.05) is 68.4 Å². The van der Waals surface area contributed by atoms with Crippen molar-refractivity contribution in [3.8, 4) is 11.1 Å². The van der Waals surface area contributed by atoms with Gasteiger partial charge in [-0.3, -0.25) is 14.6 Å². The third kappa shape index (κ3) is 8.75. The lowest BCUT2D eigenvalue weighted by molar-refractivity contribution is -0.138. The van der Waals surface area contributed by atoms with Crippen LogP contribution in [0.15, 0.2) is 96.0 Å². The summed E-state index contributed by atoms with van der Waals surface area (Å²) in [4.78, 5) is 70.5. The number of methoxy groups -OCH3 is 3. The fourth-order valence-electron chi connectivity index (χ4n) is 10.6. The Labute approximate surface area is 389 Å². The number of imidazole rings is 1. The number of rotatable bonds is 13. The number of hydrogen-bond donors (Lipinski definition) is 4. The van der Waals surface area contributed by atoms with Gasteiger partial charge in [-0.25, -0.2) is 14.6 Å². The average Bonchev–Trinajstić information content (AvgIpc) is 4.17. The van der Waals surface area contributed by atoms with Crippen LogP contribution in [0.4, 0.5) is 15.3 Å². The molecule has 1 saturated carbocycles. The fourth-order valence-corrected chi connectivity index (χ4v) is 10.6. The molecule has 2 bridgehead atoms. The van der Waals surface area contributed by atoms with E-state index in [-0.39, 0.29) is 41.7 Å². The molecule has 2 saturated heterocycles. The molecule has 5 aromatic carbocycles. The number of H-pyrrole nitrogens is 1. The van der Waals surface area contributed by atoms with Crippen LogP contribution >= 0.6 is 0 Å². The van der Waals surface area contributed by atoms with Crippen molar-refractivity contribution in [2.24, 2.45) is 22.7 Å². The summed E-state index contributed by atoms with van der Waals surface area (Å²) in [6.07, 6.45) is 3.55. The Hall–Kier alpha value is -7.00. The number of carbonyl (C=O) groups is 4. The summed E-state index contributed by atoms with van der Waals surface area (Å²) in [6.45, 7) is 4.75. The third-order valence-electron chi connectivity index (χ3n) is 13.9. The van der Waals surface area contributed by atoms with Gasteiger partial charge in [0.25, 0.3) is 5.91 Å². The van der Waals surface area contributed by atoms with E-state index in [9.17, 15) is 19.2 Å². The first kappa shape index (κ1) is 45.2. The average molecular weight is 907 g/mol. The topological polar surface area (TPSA) is 180 Å². The molecule has 9 rings (SSSR count). The summed E-state index contributed by atoms with van der Waals surface area (Å²) < 4.78 is 15.2. The monoisotopic (exact) mass is 906 g/mol. The number of alkyl carbamates (subject to hydrolysis) is 2. The maximum absolute atomic E-state index is 14.5. The number of piperidine rings is 1. The maximum Gasteiger partial charge on any atom is 0.407 e. The third-order valence-corrected chi connectivity index (χ3v) is 13.9. The van der Waals surface area contributed by atoms with E-state index in [0.29, 0.717) is 25.1 Å². The Bertz CT molecular complexity index is 2860. The fraction of sp³-hybridized carbons (Fsp3) is 0.385. The molecule has 15 heteroatoms. The van der Waals surface area contributed by atoms with E-state index >= 15 is 0 Å². The smallest absolute Gasteiger partial charge is 0.407 e. The molecule has 2 aliphatic heterocycles. The Kier molecular flexibility index (Phi) is 12.9. The second kappa shape index (κ2) is 19.1. The van der Waals surface area contributed by atoms with Gasteiger partial charge in [0.05, 0.1) is 43.6 Å². The Balaban J connectivity index is 0.971. The molecule has 15 nitrogen and oxygen atoms in total. The minimum absolute atomic E-state index is 0.0582. The van der Waals surface area contributed by atoms with Gasteiger partial charge >= 0.3 is 12.2 Å². The Morgan fingerprint density at radius 3 is 2.24 bits per heavy atom. The zero-order valence-electron chi connectivity index (χ0n) is 38.7. The van der Waals surface area contributed by atoms with E-state index < -0.39 is 30.4 Å². The number of anilines is 1. The second-order valence-electron chi connectivity index (χ2n) is 18.3. The van der Waals surface area contributed by atoms with E-state index in [1.54, 1.807) is 12.0 Å². The van der Waals surface area contributed by atoms with Gasteiger partial charge < -0.3 is 44.9 Å². The SMILES string of the molecule is CNc1c(C=N[C@@H]2C[C@H](COC)CN2C(=O)[C@@H](NC(=O)OC)C(C)C)ccc2cc(-c3ccc4c(ccc5[nH]c([C@@H]6[C@@H]7CC[C@@H](C7)N6C(=O)[C@H](NC(=O)OC)c6ccccc6)nc54)c3)ccc12. The van der Waals surface area contributed by atoms with Gasteiger partial charge in [-0.05, 0) is 83.2 Å². The molecule has 67 heavy (non-hydrogen) atoms. The quantitative estimate of drug-likeness (QED) is 0.0829. The minimum Gasteiger partial charge on any atom is -0.453 e. The molecule has 0 unspecified atom stereocenters. The number of likely N-dealkylation sites (tertiary alicyclic amines) is 2. The first-order chi connectivity index (χ1) is 32.5. The van der Waals surface area contributed by atoms with Gasteiger partial charge in [0.1, 0.15) is 24.1 Å². The van der Waals surface area contributed by atoms with Gasteiger partial charge in [0, 0.05) is 55.2 Å². The number of benzene rings is 5. The van der Waals surface area contributed by atoms with Crippen molar-refractivity contribution in [1.82, 2.24) is 30.4 Å². The van der Waals surface area contributed by atoms with Crippen LogP contribution in [-0.4, -0.2) is 110 Å². The molecular formula is C52H58N8O7. The zero-order valence-corrected chi connectivity index (χ0v) is 38.7. The standard InChI is InChI=1S/C52H58N8O7/c1-29(2)43(57-51(63)66-5)49(61)59-27-30(28-65-4)22-42(59)54-26-37-13-12-34-23-32(15-19-39(34)44(37)53-3)33-16-20-40-35(24-33)17-21-41-46(40)56-48(55-41)47-36-14-18-38(25-36)60(47)50(62)45(58-52(64)67-6)31-10-8-7-9-11-31/h7-13,15-17,19-21,23-24,26,29-30,36,38,42-43,45,47,53H,14,18,22,25,27-28H2,1-6H3,(H,55,56)(H,57,63)(H,58,64)/t30-,36+,38-,42-,43-,45+,47-/m0/s1. The van der Waals surface area contributed by atoms with Gasteiger partial charge in [-0.15, -0.1) is 0 Å². The predicted molar refractivity (Wildman–Crippen MR) is 259 cm³/mol. The van der Waals surface area contributed by atoms with Crippen molar-refractivity contribution >= 4 is 68.5 Å². The zero-order chi connectivity index (χ0) is 46.9. The van der Waals surface area contributed by atoms with Crippen LogP contribution in [0, 0.1) is 17.8 Å². The molecule has 3 fully saturated rings. The number of aromatic nitrogens is 2. The highest BCUT2D eigenvalue weighted by atomic mass is 16.5. The van der Waals surface area contributed by atoms with E-state index in [4.69, 9.17) is 24.2 Å². The molecule has 3 heterocycles. The van der Waals surface area contributed by atoms with Crippen LogP contribution in [0.25, 0.3) is 43.7 Å². The maximum atomic E-state index is 14.5.